The Morgan fingerprint density at radius 2 is 2.25 bits per heavy atom. The van der Waals surface area contributed by atoms with Crippen LogP contribution in [0.1, 0.15) is 6.92 Å². The smallest absolute Gasteiger partial charge is 0.154 e. The van der Waals surface area contributed by atoms with Gasteiger partial charge in [0.1, 0.15) is 5.82 Å². The summed E-state index contributed by atoms with van der Waals surface area (Å²) in [5.41, 5.74) is 0. The van der Waals surface area contributed by atoms with E-state index in [4.69, 9.17) is 11.6 Å². The van der Waals surface area contributed by atoms with E-state index in [1.807, 2.05) is 17.9 Å². The fourth-order valence-electron chi connectivity index (χ4n) is 1.88. The molecule has 0 aromatic carbocycles. The van der Waals surface area contributed by atoms with Crippen LogP contribution in [0.2, 0.25) is 5.02 Å². The monoisotopic (exact) mass is 260 g/mol. The summed E-state index contributed by atoms with van der Waals surface area (Å²) in [6.07, 6.45) is 1.58. The molecule has 1 aromatic heterocycles. The lowest BCUT2D eigenvalue weighted by Gasteiger charge is -2.34. The molecule has 0 spiro atoms. The zero-order valence-electron chi connectivity index (χ0n) is 8.93. The summed E-state index contributed by atoms with van der Waals surface area (Å²) in [5, 5.41) is 0.584. The number of halogens is 1. The van der Waals surface area contributed by atoms with Gasteiger partial charge in [-0.15, -0.1) is 0 Å². The van der Waals surface area contributed by atoms with Gasteiger partial charge < -0.3 is 4.90 Å². The highest BCUT2D eigenvalue weighted by atomic mass is 35.5. The van der Waals surface area contributed by atoms with E-state index in [0.29, 0.717) is 11.6 Å². The number of nitrogens with zero attached hydrogens (tertiary/aromatic N) is 2. The normalized spacial score (nSPS) is 24.4. The van der Waals surface area contributed by atoms with Crippen LogP contribution in [0, 0.1) is 0 Å². The van der Waals surface area contributed by atoms with E-state index in [1.54, 1.807) is 12.3 Å². The summed E-state index contributed by atoms with van der Waals surface area (Å²) in [5.74, 6) is 1.17. The number of hydrogen-bond acceptors (Lipinski definition) is 4. The molecule has 0 N–H and O–H groups in total. The van der Waals surface area contributed by atoms with E-state index in [9.17, 15) is 8.42 Å². The van der Waals surface area contributed by atoms with Crippen LogP contribution in [0.15, 0.2) is 18.3 Å². The van der Waals surface area contributed by atoms with Crippen molar-refractivity contribution in [1.82, 2.24) is 4.98 Å². The lowest BCUT2D eigenvalue weighted by atomic mass is 10.3. The van der Waals surface area contributed by atoms with Gasteiger partial charge in [-0.1, -0.05) is 11.6 Å². The minimum atomic E-state index is -2.88. The number of pyridine rings is 1. The van der Waals surface area contributed by atoms with Gasteiger partial charge in [-0.25, -0.2) is 13.4 Å². The van der Waals surface area contributed by atoms with Gasteiger partial charge in [-0.2, -0.15) is 0 Å². The Hall–Kier alpha value is -0.810. The van der Waals surface area contributed by atoms with E-state index < -0.39 is 9.84 Å². The van der Waals surface area contributed by atoms with Crippen LogP contribution in [0.5, 0.6) is 0 Å². The highest BCUT2D eigenvalue weighted by Gasteiger charge is 2.28. The molecule has 4 nitrogen and oxygen atoms in total. The molecule has 0 saturated carbocycles. The number of sulfone groups is 1. The van der Waals surface area contributed by atoms with Crippen LogP contribution in [-0.2, 0) is 9.84 Å². The second-order valence-corrected chi connectivity index (χ2v) is 6.66. The molecular weight excluding hydrogens is 248 g/mol. The summed E-state index contributed by atoms with van der Waals surface area (Å²) in [6.45, 7) is 2.39. The van der Waals surface area contributed by atoms with E-state index >= 15 is 0 Å². The van der Waals surface area contributed by atoms with Gasteiger partial charge in [-0.3, -0.25) is 0 Å². The first-order valence-corrected chi connectivity index (χ1v) is 7.26. The summed E-state index contributed by atoms with van der Waals surface area (Å²) >= 11 is 5.76. The molecule has 0 radical (unpaired) electrons. The maximum absolute atomic E-state index is 11.4. The molecule has 6 heteroatoms. The Labute approximate surface area is 100 Å². The quantitative estimate of drug-likeness (QED) is 0.765. The molecule has 88 valence electrons. The molecule has 0 amide bonds. The molecule has 2 rings (SSSR count). The van der Waals surface area contributed by atoms with Crippen molar-refractivity contribution < 1.29 is 8.42 Å². The molecule has 2 heterocycles. The average molecular weight is 261 g/mol. The molecule has 1 saturated heterocycles. The van der Waals surface area contributed by atoms with Crippen molar-refractivity contribution in [2.24, 2.45) is 0 Å². The standard InChI is InChI=1S/C10H13ClN2O2S/c1-8-7-16(14,15)5-4-13(8)10-3-2-9(11)6-12-10/h2-3,6,8H,4-5,7H2,1H3. The number of aromatic nitrogens is 1. The van der Waals surface area contributed by atoms with Crippen molar-refractivity contribution in [3.05, 3.63) is 23.4 Å². The summed E-state index contributed by atoms with van der Waals surface area (Å²) in [7, 11) is -2.88. The van der Waals surface area contributed by atoms with Crippen molar-refractivity contribution >= 4 is 27.3 Å². The van der Waals surface area contributed by atoms with Crippen molar-refractivity contribution in [3.8, 4) is 0 Å². The van der Waals surface area contributed by atoms with E-state index in [2.05, 4.69) is 4.98 Å². The molecule has 0 bridgehead atoms. The topological polar surface area (TPSA) is 50.3 Å². The molecule has 1 aromatic rings. The number of rotatable bonds is 1. The zero-order valence-corrected chi connectivity index (χ0v) is 10.5. The fourth-order valence-corrected chi connectivity index (χ4v) is 3.55. The first kappa shape index (κ1) is 11.7. The van der Waals surface area contributed by atoms with Crippen LogP contribution in [0.4, 0.5) is 5.82 Å². The third kappa shape index (κ3) is 2.47. The highest BCUT2D eigenvalue weighted by molar-refractivity contribution is 7.91. The molecule has 1 aliphatic rings. The maximum Gasteiger partial charge on any atom is 0.154 e. The van der Waals surface area contributed by atoms with Crippen LogP contribution in [0.25, 0.3) is 0 Å². The number of hydrogen-bond donors (Lipinski definition) is 0. The van der Waals surface area contributed by atoms with Gasteiger partial charge in [0.25, 0.3) is 0 Å². The van der Waals surface area contributed by atoms with Crippen LogP contribution in [0.3, 0.4) is 0 Å². The van der Waals surface area contributed by atoms with E-state index in [0.717, 1.165) is 5.82 Å². The average Bonchev–Trinajstić information content (AvgIpc) is 2.19. The van der Waals surface area contributed by atoms with Gasteiger partial charge in [0.05, 0.1) is 16.5 Å². The Morgan fingerprint density at radius 1 is 1.50 bits per heavy atom. The second-order valence-electron chi connectivity index (χ2n) is 3.99. The Balaban J connectivity index is 2.20. The van der Waals surface area contributed by atoms with Crippen LogP contribution < -0.4 is 4.90 Å². The molecular formula is C10H13ClN2O2S. The fraction of sp³-hybridized carbons (Fsp3) is 0.500. The first-order valence-electron chi connectivity index (χ1n) is 5.06. The minimum absolute atomic E-state index is 0.0348. The molecule has 0 aliphatic carbocycles. The van der Waals surface area contributed by atoms with Crippen molar-refractivity contribution in [2.45, 2.75) is 13.0 Å². The molecule has 1 atom stereocenters. The van der Waals surface area contributed by atoms with E-state index in [1.165, 1.54) is 0 Å². The third-order valence-corrected chi connectivity index (χ3v) is 4.69. The largest absolute Gasteiger partial charge is 0.352 e. The van der Waals surface area contributed by atoms with Crippen molar-refractivity contribution in [2.75, 3.05) is 23.0 Å². The van der Waals surface area contributed by atoms with Gasteiger partial charge >= 0.3 is 0 Å². The third-order valence-electron chi connectivity index (χ3n) is 2.68. The first-order chi connectivity index (χ1) is 7.48. The lowest BCUT2D eigenvalue weighted by molar-refractivity contribution is 0.567. The highest BCUT2D eigenvalue weighted by Crippen LogP contribution is 2.20. The van der Waals surface area contributed by atoms with Crippen molar-refractivity contribution in [3.63, 3.8) is 0 Å². The minimum Gasteiger partial charge on any atom is -0.352 e. The second kappa shape index (κ2) is 4.22. The lowest BCUT2D eigenvalue weighted by Crippen LogP contribution is -2.47. The van der Waals surface area contributed by atoms with Gasteiger partial charge in [0.15, 0.2) is 9.84 Å². The predicted octanol–water partition coefficient (Wildman–Crippen LogP) is 1.36. The van der Waals surface area contributed by atoms with Crippen molar-refractivity contribution in [1.29, 1.82) is 0 Å². The Kier molecular flexibility index (Phi) is 3.08. The summed E-state index contributed by atoms with van der Waals surface area (Å²) in [6, 6.07) is 3.55. The molecule has 1 unspecified atom stereocenters. The van der Waals surface area contributed by atoms with Crippen LogP contribution in [-0.4, -0.2) is 37.5 Å². The van der Waals surface area contributed by atoms with Gasteiger partial charge in [0, 0.05) is 18.8 Å². The molecule has 16 heavy (non-hydrogen) atoms. The van der Waals surface area contributed by atoms with Crippen LogP contribution >= 0.6 is 11.6 Å². The van der Waals surface area contributed by atoms with Gasteiger partial charge in [0.2, 0.25) is 0 Å². The molecule has 1 aliphatic heterocycles. The molecule has 1 fully saturated rings. The SMILES string of the molecule is CC1CS(=O)(=O)CCN1c1ccc(Cl)cn1. The van der Waals surface area contributed by atoms with E-state index in [-0.39, 0.29) is 17.5 Å². The maximum atomic E-state index is 11.4. The summed E-state index contributed by atoms with van der Waals surface area (Å²) < 4.78 is 22.8. The van der Waals surface area contributed by atoms with Gasteiger partial charge in [-0.05, 0) is 19.1 Å². The zero-order chi connectivity index (χ0) is 11.8. The summed E-state index contributed by atoms with van der Waals surface area (Å²) in [4.78, 5) is 6.20. The Morgan fingerprint density at radius 3 is 2.81 bits per heavy atom. The number of anilines is 1. The predicted molar refractivity (Wildman–Crippen MR) is 64.7 cm³/mol. The Bertz CT molecular complexity index is 472.